The summed E-state index contributed by atoms with van der Waals surface area (Å²) in [6.45, 7) is 3.02. The van der Waals surface area contributed by atoms with E-state index in [1.54, 1.807) is 0 Å². The van der Waals surface area contributed by atoms with Gasteiger partial charge in [-0.2, -0.15) is 5.10 Å². The van der Waals surface area contributed by atoms with Crippen molar-refractivity contribution in [2.75, 3.05) is 11.9 Å². The van der Waals surface area contributed by atoms with Gasteiger partial charge in [-0.3, -0.25) is 0 Å². The quantitative estimate of drug-likeness (QED) is 0.651. The minimum absolute atomic E-state index is 0.719. The molecule has 4 rings (SSSR count). The Morgan fingerprint density at radius 1 is 1.22 bits per heavy atom. The Labute approximate surface area is 148 Å². The van der Waals surface area contributed by atoms with Crippen molar-refractivity contribution in [1.29, 1.82) is 0 Å². The van der Waals surface area contributed by atoms with Gasteiger partial charge in [-0.1, -0.05) is 45.7 Å². The van der Waals surface area contributed by atoms with Crippen LogP contribution in [-0.4, -0.2) is 16.3 Å². The number of halogens is 2. The van der Waals surface area contributed by atoms with Gasteiger partial charge >= 0.3 is 0 Å². The van der Waals surface area contributed by atoms with E-state index in [2.05, 4.69) is 40.3 Å². The monoisotopic (exact) mass is 387 g/mol. The van der Waals surface area contributed by atoms with Crippen LogP contribution in [0.25, 0.3) is 16.9 Å². The first-order chi connectivity index (χ1) is 11.1. The lowest BCUT2D eigenvalue weighted by molar-refractivity contribution is 0.875. The molecule has 3 aromatic rings. The lowest BCUT2D eigenvalue weighted by Crippen LogP contribution is -2.05. The van der Waals surface area contributed by atoms with E-state index >= 15 is 0 Å². The first-order valence-corrected chi connectivity index (χ1v) is 8.69. The third-order valence-corrected chi connectivity index (χ3v) is 4.88. The number of aromatic nitrogens is 2. The number of fused-ring (bicyclic) bond motifs is 1. The molecule has 5 heteroatoms. The number of benzene rings is 2. The Morgan fingerprint density at radius 3 is 2.91 bits per heavy atom. The molecule has 2 aromatic carbocycles. The number of hydrogen-bond acceptors (Lipinski definition) is 2. The van der Waals surface area contributed by atoms with Gasteiger partial charge in [0.05, 0.1) is 11.4 Å². The van der Waals surface area contributed by atoms with Gasteiger partial charge in [-0.15, -0.1) is 0 Å². The fourth-order valence-electron chi connectivity index (χ4n) is 3.03. The zero-order valence-electron chi connectivity index (χ0n) is 12.6. The molecule has 0 spiro atoms. The van der Waals surface area contributed by atoms with Gasteiger partial charge in [0.2, 0.25) is 0 Å². The van der Waals surface area contributed by atoms with Crippen molar-refractivity contribution in [1.82, 2.24) is 9.78 Å². The van der Waals surface area contributed by atoms with Crippen molar-refractivity contribution < 1.29 is 0 Å². The van der Waals surface area contributed by atoms with Crippen molar-refractivity contribution in [3.05, 3.63) is 63.1 Å². The molecule has 1 aromatic heterocycles. The van der Waals surface area contributed by atoms with Crippen LogP contribution in [0.4, 0.5) is 5.82 Å². The molecular weight excluding hydrogens is 374 g/mol. The molecule has 0 bridgehead atoms. The van der Waals surface area contributed by atoms with E-state index in [1.807, 2.05) is 35.0 Å². The van der Waals surface area contributed by atoms with Gasteiger partial charge in [-0.05, 0) is 43.2 Å². The van der Waals surface area contributed by atoms with Crippen LogP contribution < -0.4 is 5.32 Å². The molecule has 0 aliphatic carbocycles. The van der Waals surface area contributed by atoms with Gasteiger partial charge in [0.1, 0.15) is 5.82 Å². The molecular formula is C18H15BrClN3. The molecule has 0 unspecified atom stereocenters. The second-order valence-electron chi connectivity index (χ2n) is 5.71. The molecule has 3 nitrogen and oxygen atoms in total. The number of anilines is 1. The van der Waals surface area contributed by atoms with E-state index in [0.717, 1.165) is 50.8 Å². The van der Waals surface area contributed by atoms with Gasteiger partial charge in [0.25, 0.3) is 0 Å². The second kappa shape index (κ2) is 5.69. The predicted octanol–water partition coefficient (Wildman–Crippen LogP) is 5.23. The highest BCUT2D eigenvalue weighted by Crippen LogP contribution is 2.36. The summed E-state index contributed by atoms with van der Waals surface area (Å²) in [5, 5.41) is 9.07. The molecule has 1 N–H and O–H groups in total. The smallest absolute Gasteiger partial charge is 0.133 e. The van der Waals surface area contributed by atoms with E-state index in [1.165, 1.54) is 5.56 Å². The largest absolute Gasteiger partial charge is 0.369 e. The molecule has 0 fully saturated rings. The predicted molar refractivity (Wildman–Crippen MR) is 98.6 cm³/mol. The SMILES string of the molecule is Cc1ccc(Cl)cc1-n1nc(-c2cccc(Br)c2)c2c1NCC2. The van der Waals surface area contributed by atoms with Crippen molar-refractivity contribution >= 4 is 33.3 Å². The van der Waals surface area contributed by atoms with Crippen LogP contribution in [-0.2, 0) is 6.42 Å². The summed E-state index contributed by atoms with van der Waals surface area (Å²) in [7, 11) is 0. The van der Waals surface area contributed by atoms with Gasteiger partial charge in [0, 0.05) is 27.2 Å². The summed E-state index contributed by atoms with van der Waals surface area (Å²) in [5.74, 6) is 1.07. The van der Waals surface area contributed by atoms with E-state index in [0.29, 0.717) is 0 Å². The first kappa shape index (κ1) is 14.8. The standard InChI is InChI=1S/C18H15BrClN3/c1-11-5-6-14(20)10-16(11)23-18-15(7-8-21-18)17(22-23)12-3-2-4-13(19)9-12/h2-6,9-10,21H,7-8H2,1H3. The molecule has 2 heterocycles. The summed E-state index contributed by atoms with van der Waals surface area (Å²) < 4.78 is 3.04. The van der Waals surface area contributed by atoms with Crippen molar-refractivity contribution in [3.8, 4) is 16.9 Å². The molecule has 1 aliphatic heterocycles. The highest BCUT2D eigenvalue weighted by Gasteiger charge is 2.24. The summed E-state index contributed by atoms with van der Waals surface area (Å²) in [6.07, 6.45) is 0.983. The maximum absolute atomic E-state index is 6.19. The van der Waals surface area contributed by atoms with Crippen LogP contribution in [0.3, 0.4) is 0 Å². The highest BCUT2D eigenvalue weighted by atomic mass is 79.9. The van der Waals surface area contributed by atoms with E-state index in [4.69, 9.17) is 16.7 Å². The number of aryl methyl sites for hydroxylation is 1. The number of nitrogens with one attached hydrogen (secondary N) is 1. The molecule has 0 saturated carbocycles. The molecule has 0 atom stereocenters. The Bertz CT molecular complexity index is 901. The Morgan fingerprint density at radius 2 is 2.09 bits per heavy atom. The zero-order valence-corrected chi connectivity index (χ0v) is 14.9. The zero-order chi connectivity index (χ0) is 16.0. The molecule has 23 heavy (non-hydrogen) atoms. The average molecular weight is 389 g/mol. The maximum Gasteiger partial charge on any atom is 0.133 e. The van der Waals surface area contributed by atoms with Gasteiger partial charge in [-0.25, -0.2) is 4.68 Å². The van der Waals surface area contributed by atoms with Crippen LogP contribution in [0.15, 0.2) is 46.9 Å². The molecule has 116 valence electrons. The van der Waals surface area contributed by atoms with E-state index in [-0.39, 0.29) is 0 Å². The van der Waals surface area contributed by atoms with Crippen LogP contribution in [0, 0.1) is 6.92 Å². The summed E-state index contributed by atoms with van der Waals surface area (Å²) in [6, 6.07) is 14.2. The number of nitrogens with zero attached hydrogens (tertiary/aromatic N) is 2. The third kappa shape index (κ3) is 2.56. The van der Waals surface area contributed by atoms with Crippen molar-refractivity contribution in [2.24, 2.45) is 0 Å². The van der Waals surface area contributed by atoms with E-state index in [9.17, 15) is 0 Å². The summed E-state index contributed by atoms with van der Waals surface area (Å²) >= 11 is 9.74. The van der Waals surface area contributed by atoms with Gasteiger partial charge < -0.3 is 5.32 Å². The highest BCUT2D eigenvalue weighted by molar-refractivity contribution is 9.10. The first-order valence-electron chi connectivity index (χ1n) is 7.52. The molecule has 0 saturated heterocycles. The van der Waals surface area contributed by atoms with Crippen LogP contribution in [0.5, 0.6) is 0 Å². The van der Waals surface area contributed by atoms with E-state index < -0.39 is 0 Å². The number of hydrogen-bond donors (Lipinski definition) is 1. The van der Waals surface area contributed by atoms with Crippen LogP contribution >= 0.6 is 27.5 Å². The molecule has 1 aliphatic rings. The fraction of sp³-hybridized carbons (Fsp3) is 0.167. The number of rotatable bonds is 2. The lowest BCUT2D eigenvalue weighted by atomic mass is 10.1. The lowest BCUT2D eigenvalue weighted by Gasteiger charge is -2.10. The minimum Gasteiger partial charge on any atom is -0.369 e. The Balaban J connectivity index is 1.93. The fourth-order valence-corrected chi connectivity index (χ4v) is 3.59. The third-order valence-electron chi connectivity index (χ3n) is 4.15. The molecule has 0 amide bonds. The van der Waals surface area contributed by atoms with Crippen LogP contribution in [0.2, 0.25) is 5.02 Å². The topological polar surface area (TPSA) is 29.9 Å². The van der Waals surface area contributed by atoms with Crippen molar-refractivity contribution in [2.45, 2.75) is 13.3 Å². The summed E-state index contributed by atoms with van der Waals surface area (Å²) in [5.41, 5.74) is 5.59. The van der Waals surface area contributed by atoms with Gasteiger partial charge in [0.15, 0.2) is 0 Å². The van der Waals surface area contributed by atoms with Crippen LogP contribution in [0.1, 0.15) is 11.1 Å². The second-order valence-corrected chi connectivity index (χ2v) is 7.06. The summed E-state index contributed by atoms with van der Waals surface area (Å²) in [4.78, 5) is 0. The normalized spacial score (nSPS) is 13.0. The van der Waals surface area contributed by atoms with Crippen molar-refractivity contribution in [3.63, 3.8) is 0 Å². The Hall–Kier alpha value is -1.78. The molecule has 0 radical (unpaired) electrons. The Kier molecular flexibility index (Phi) is 3.66. The maximum atomic E-state index is 6.19. The average Bonchev–Trinajstić information content (AvgIpc) is 3.12. The minimum atomic E-state index is 0.719.